The van der Waals surface area contributed by atoms with Gasteiger partial charge in [0.2, 0.25) is 0 Å². The molecule has 0 aromatic heterocycles. The van der Waals surface area contributed by atoms with Crippen molar-refractivity contribution in [1.82, 2.24) is 10.2 Å². The quantitative estimate of drug-likeness (QED) is 0.751. The van der Waals surface area contributed by atoms with Crippen molar-refractivity contribution in [2.75, 3.05) is 13.2 Å². The lowest BCUT2D eigenvalue weighted by Gasteiger charge is -2.38. The van der Waals surface area contributed by atoms with Crippen molar-refractivity contribution in [2.24, 2.45) is 0 Å². The maximum Gasteiger partial charge on any atom is 0.318 e. The maximum absolute atomic E-state index is 11.9. The number of ether oxygens (including phenoxy) is 1. The van der Waals surface area contributed by atoms with Gasteiger partial charge in [0.25, 0.3) is 0 Å². The number of carbonyl (C=O) groups excluding carboxylic acids is 1. The molecule has 1 aliphatic carbocycles. The third kappa shape index (κ3) is 2.62. The molecule has 4 nitrogen and oxygen atoms in total. The Bertz CT molecular complexity index is 241. The molecule has 0 bridgehead atoms. The van der Waals surface area contributed by atoms with E-state index in [1.807, 2.05) is 11.8 Å². The number of nitrogens with zero attached hydrogens (tertiary/aromatic N) is 1. The lowest BCUT2D eigenvalue weighted by atomic mass is 10.1. The molecule has 0 aromatic carbocycles. The summed E-state index contributed by atoms with van der Waals surface area (Å²) in [4.78, 5) is 13.9. The molecule has 0 radical (unpaired) electrons. The Morgan fingerprint density at radius 3 is 2.87 bits per heavy atom. The SMILES string of the molecule is CCC1COC(C)CN1C(=O)NC1CC1. The molecule has 2 amide bonds. The van der Waals surface area contributed by atoms with E-state index in [2.05, 4.69) is 12.2 Å². The molecule has 4 heteroatoms. The van der Waals surface area contributed by atoms with Gasteiger partial charge in [-0.1, -0.05) is 6.92 Å². The topological polar surface area (TPSA) is 41.6 Å². The monoisotopic (exact) mass is 212 g/mol. The van der Waals surface area contributed by atoms with Crippen LogP contribution in [0.2, 0.25) is 0 Å². The summed E-state index contributed by atoms with van der Waals surface area (Å²) in [5.41, 5.74) is 0. The standard InChI is InChI=1S/C11H20N2O2/c1-3-10-7-15-8(2)6-13(10)11(14)12-9-4-5-9/h8-10H,3-7H2,1-2H3,(H,12,14). The van der Waals surface area contributed by atoms with E-state index in [1.54, 1.807) is 0 Å². The zero-order valence-electron chi connectivity index (χ0n) is 9.53. The molecule has 2 atom stereocenters. The summed E-state index contributed by atoms with van der Waals surface area (Å²) in [6.07, 6.45) is 3.41. The maximum atomic E-state index is 11.9. The molecule has 1 N–H and O–H groups in total. The fourth-order valence-electron chi connectivity index (χ4n) is 1.92. The highest BCUT2D eigenvalue weighted by molar-refractivity contribution is 5.75. The molecule has 1 heterocycles. The first-order valence-electron chi connectivity index (χ1n) is 5.89. The smallest absolute Gasteiger partial charge is 0.318 e. The van der Waals surface area contributed by atoms with Crippen LogP contribution in [-0.4, -0.2) is 42.3 Å². The van der Waals surface area contributed by atoms with E-state index in [-0.39, 0.29) is 18.2 Å². The number of nitrogens with one attached hydrogen (secondary N) is 1. The molecule has 1 saturated heterocycles. The van der Waals surface area contributed by atoms with Gasteiger partial charge in [0.15, 0.2) is 0 Å². The van der Waals surface area contributed by atoms with E-state index in [0.717, 1.165) is 25.8 Å². The number of carbonyl (C=O) groups is 1. The van der Waals surface area contributed by atoms with Crippen molar-refractivity contribution in [3.8, 4) is 0 Å². The predicted octanol–water partition coefficient (Wildman–Crippen LogP) is 1.36. The summed E-state index contributed by atoms with van der Waals surface area (Å²) in [5.74, 6) is 0. The summed E-state index contributed by atoms with van der Waals surface area (Å²) >= 11 is 0. The van der Waals surface area contributed by atoms with Gasteiger partial charge in [-0.15, -0.1) is 0 Å². The van der Waals surface area contributed by atoms with E-state index >= 15 is 0 Å². The van der Waals surface area contributed by atoms with Crippen molar-refractivity contribution in [3.63, 3.8) is 0 Å². The molecule has 86 valence electrons. The van der Waals surface area contributed by atoms with E-state index in [4.69, 9.17) is 4.74 Å². The second-order valence-corrected chi connectivity index (χ2v) is 4.58. The summed E-state index contributed by atoms with van der Waals surface area (Å²) in [7, 11) is 0. The van der Waals surface area contributed by atoms with Crippen LogP contribution in [-0.2, 0) is 4.74 Å². The number of hydrogen-bond donors (Lipinski definition) is 1. The number of urea groups is 1. The molecular formula is C11H20N2O2. The van der Waals surface area contributed by atoms with Crippen LogP contribution in [0.25, 0.3) is 0 Å². The van der Waals surface area contributed by atoms with Gasteiger partial charge >= 0.3 is 6.03 Å². The van der Waals surface area contributed by atoms with E-state index < -0.39 is 0 Å². The molecule has 0 spiro atoms. The largest absolute Gasteiger partial charge is 0.375 e. The third-order valence-corrected chi connectivity index (χ3v) is 3.10. The van der Waals surface area contributed by atoms with Crippen molar-refractivity contribution in [1.29, 1.82) is 0 Å². The van der Waals surface area contributed by atoms with Crippen LogP contribution in [0, 0.1) is 0 Å². The lowest BCUT2D eigenvalue weighted by Crippen LogP contribution is -2.54. The molecule has 15 heavy (non-hydrogen) atoms. The van der Waals surface area contributed by atoms with Gasteiger partial charge < -0.3 is 15.0 Å². The number of hydrogen-bond acceptors (Lipinski definition) is 2. The molecule has 2 aliphatic rings. The minimum Gasteiger partial charge on any atom is -0.375 e. The van der Waals surface area contributed by atoms with Crippen LogP contribution >= 0.6 is 0 Å². The molecule has 2 unspecified atom stereocenters. The summed E-state index contributed by atoms with van der Waals surface area (Å²) < 4.78 is 5.56. The molecule has 1 aliphatic heterocycles. The minimum atomic E-state index is 0.0968. The molecule has 2 rings (SSSR count). The predicted molar refractivity (Wildman–Crippen MR) is 57.8 cm³/mol. The number of rotatable bonds is 2. The Labute approximate surface area is 91.0 Å². The first-order chi connectivity index (χ1) is 7.20. The van der Waals surface area contributed by atoms with Crippen LogP contribution < -0.4 is 5.32 Å². The Balaban J connectivity index is 1.92. The van der Waals surface area contributed by atoms with Gasteiger partial charge in [-0.25, -0.2) is 4.79 Å². The minimum absolute atomic E-state index is 0.0968. The fourth-order valence-corrected chi connectivity index (χ4v) is 1.92. The van der Waals surface area contributed by atoms with Gasteiger partial charge in [-0.05, 0) is 26.2 Å². The Kier molecular flexibility index (Phi) is 3.14. The molecular weight excluding hydrogens is 192 g/mol. The zero-order valence-corrected chi connectivity index (χ0v) is 9.53. The van der Waals surface area contributed by atoms with E-state index in [9.17, 15) is 4.79 Å². The lowest BCUT2D eigenvalue weighted by molar-refractivity contribution is -0.0378. The zero-order chi connectivity index (χ0) is 10.8. The average Bonchev–Trinajstić information content (AvgIpc) is 3.01. The highest BCUT2D eigenvalue weighted by Crippen LogP contribution is 2.21. The van der Waals surface area contributed by atoms with E-state index in [0.29, 0.717) is 12.6 Å². The van der Waals surface area contributed by atoms with Crippen molar-refractivity contribution in [2.45, 2.75) is 51.3 Å². The Morgan fingerprint density at radius 2 is 2.27 bits per heavy atom. The van der Waals surface area contributed by atoms with Crippen molar-refractivity contribution < 1.29 is 9.53 Å². The third-order valence-electron chi connectivity index (χ3n) is 3.10. The number of morpholine rings is 1. The van der Waals surface area contributed by atoms with Crippen LogP contribution in [0.1, 0.15) is 33.1 Å². The van der Waals surface area contributed by atoms with Crippen LogP contribution in [0.3, 0.4) is 0 Å². The first kappa shape index (κ1) is 10.7. The highest BCUT2D eigenvalue weighted by Gasteiger charge is 2.32. The highest BCUT2D eigenvalue weighted by atomic mass is 16.5. The van der Waals surface area contributed by atoms with Gasteiger partial charge in [0, 0.05) is 12.6 Å². The first-order valence-corrected chi connectivity index (χ1v) is 5.89. The van der Waals surface area contributed by atoms with E-state index in [1.165, 1.54) is 0 Å². The molecule has 1 saturated carbocycles. The average molecular weight is 212 g/mol. The van der Waals surface area contributed by atoms with Crippen molar-refractivity contribution in [3.05, 3.63) is 0 Å². The molecule has 0 aromatic rings. The van der Waals surface area contributed by atoms with Crippen LogP contribution in [0.4, 0.5) is 4.79 Å². The van der Waals surface area contributed by atoms with Crippen LogP contribution in [0.5, 0.6) is 0 Å². The van der Waals surface area contributed by atoms with Gasteiger partial charge in [0.05, 0.1) is 18.8 Å². The second-order valence-electron chi connectivity index (χ2n) is 4.58. The van der Waals surface area contributed by atoms with Crippen LogP contribution in [0.15, 0.2) is 0 Å². The Morgan fingerprint density at radius 1 is 1.53 bits per heavy atom. The normalized spacial score (nSPS) is 31.5. The summed E-state index contributed by atoms with van der Waals surface area (Å²) in [6, 6.07) is 0.785. The summed E-state index contributed by atoms with van der Waals surface area (Å²) in [6.45, 7) is 5.51. The summed E-state index contributed by atoms with van der Waals surface area (Å²) in [5, 5.41) is 3.04. The van der Waals surface area contributed by atoms with Crippen molar-refractivity contribution >= 4 is 6.03 Å². The number of amides is 2. The van der Waals surface area contributed by atoms with Gasteiger partial charge in [0.1, 0.15) is 0 Å². The van der Waals surface area contributed by atoms with Gasteiger partial charge in [-0.3, -0.25) is 0 Å². The fraction of sp³-hybridized carbons (Fsp3) is 0.909. The van der Waals surface area contributed by atoms with Gasteiger partial charge in [-0.2, -0.15) is 0 Å². The Hall–Kier alpha value is -0.770. The second kappa shape index (κ2) is 4.39. The molecule has 2 fully saturated rings.